The molecule has 0 aromatic heterocycles. The average molecular weight is 233 g/mol. The lowest BCUT2D eigenvalue weighted by Gasteiger charge is -2.12. The van der Waals surface area contributed by atoms with Crippen LogP contribution in [0.5, 0.6) is 5.75 Å². The van der Waals surface area contributed by atoms with Gasteiger partial charge in [0.1, 0.15) is 5.75 Å². The number of hydrogen-bond acceptors (Lipinski definition) is 3. The second kappa shape index (κ2) is 4.88. The lowest BCUT2D eigenvalue weighted by Crippen LogP contribution is -2.19. The molecule has 1 aromatic rings. The van der Waals surface area contributed by atoms with Gasteiger partial charge in [-0.15, -0.1) is 0 Å². The van der Waals surface area contributed by atoms with Crippen LogP contribution in [-0.4, -0.2) is 38.4 Å². The normalized spacial score (nSPS) is 18.6. The highest BCUT2D eigenvalue weighted by molar-refractivity contribution is 6.02. The predicted molar refractivity (Wildman–Crippen MR) is 67.7 cm³/mol. The Morgan fingerprint density at radius 3 is 2.82 bits per heavy atom. The van der Waals surface area contributed by atoms with Gasteiger partial charge < -0.3 is 9.64 Å². The minimum Gasteiger partial charge on any atom is -0.497 e. The van der Waals surface area contributed by atoms with Crippen molar-refractivity contribution in [2.75, 3.05) is 27.7 Å². The van der Waals surface area contributed by atoms with Gasteiger partial charge in [-0.3, -0.25) is 4.79 Å². The predicted octanol–water partition coefficient (Wildman–Crippen LogP) is 2.00. The molecule has 0 bridgehead atoms. The number of ether oxygens (including phenoxy) is 1. The summed E-state index contributed by atoms with van der Waals surface area (Å²) in [7, 11) is 5.73. The van der Waals surface area contributed by atoms with Crippen LogP contribution in [0.15, 0.2) is 18.2 Å². The van der Waals surface area contributed by atoms with Gasteiger partial charge in [0.05, 0.1) is 7.11 Å². The lowest BCUT2D eigenvalue weighted by molar-refractivity contribution is 0.0925. The summed E-state index contributed by atoms with van der Waals surface area (Å²) in [5.74, 6) is 1.29. The summed E-state index contributed by atoms with van der Waals surface area (Å²) in [5.41, 5.74) is 2.02. The van der Waals surface area contributed by atoms with Gasteiger partial charge in [0, 0.05) is 11.5 Å². The van der Waals surface area contributed by atoms with E-state index in [0.29, 0.717) is 5.78 Å². The SMILES string of the molecule is COc1ccc2c(c1)C[C@@H](CCN(C)C)C2=O. The fourth-order valence-corrected chi connectivity index (χ4v) is 2.33. The van der Waals surface area contributed by atoms with Crippen molar-refractivity contribution in [3.05, 3.63) is 29.3 Å². The number of rotatable bonds is 4. The molecule has 0 heterocycles. The molecule has 0 N–H and O–H groups in total. The molecule has 2 rings (SSSR count). The summed E-state index contributed by atoms with van der Waals surface area (Å²) in [6.45, 7) is 0.960. The molecule has 92 valence electrons. The van der Waals surface area contributed by atoms with Crippen molar-refractivity contribution in [2.24, 2.45) is 5.92 Å². The first-order valence-corrected chi connectivity index (χ1v) is 5.97. The highest BCUT2D eigenvalue weighted by atomic mass is 16.5. The standard InChI is InChI=1S/C14H19NO2/c1-15(2)7-6-10-8-11-9-12(17-3)4-5-13(11)14(10)16/h4-5,9-10H,6-8H2,1-3H3/t10-/m1/s1. The third kappa shape index (κ3) is 2.50. The van der Waals surface area contributed by atoms with Crippen molar-refractivity contribution in [3.8, 4) is 5.75 Å². The van der Waals surface area contributed by atoms with E-state index in [2.05, 4.69) is 4.90 Å². The molecule has 17 heavy (non-hydrogen) atoms. The van der Waals surface area contributed by atoms with Crippen molar-refractivity contribution >= 4 is 5.78 Å². The summed E-state index contributed by atoms with van der Waals surface area (Å²) in [5, 5.41) is 0. The maximum Gasteiger partial charge on any atom is 0.166 e. The van der Waals surface area contributed by atoms with Gasteiger partial charge in [-0.05, 0) is 57.2 Å². The van der Waals surface area contributed by atoms with E-state index in [1.165, 1.54) is 0 Å². The lowest BCUT2D eigenvalue weighted by atomic mass is 10.0. The number of benzene rings is 1. The molecule has 3 nitrogen and oxygen atoms in total. The molecule has 0 fully saturated rings. The Balaban J connectivity index is 2.12. The highest BCUT2D eigenvalue weighted by Gasteiger charge is 2.30. The molecule has 0 spiro atoms. The van der Waals surface area contributed by atoms with Crippen molar-refractivity contribution in [1.29, 1.82) is 0 Å². The maximum atomic E-state index is 12.1. The van der Waals surface area contributed by atoms with E-state index in [1.807, 2.05) is 32.3 Å². The fraction of sp³-hybridized carbons (Fsp3) is 0.500. The molecule has 0 radical (unpaired) electrons. The Bertz CT molecular complexity index is 426. The molecule has 1 aliphatic rings. The van der Waals surface area contributed by atoms with Crippen LogP contribution >= 0.6 is 0 Å². The van der Waals surface area contributed by atoms with Gasteiger partial charge in [0.25, 0.3) is 0 Å². The topological polar surface area (TPSA) is 29.5 Å². The molecule has 0 aliphatic heterocycles. The van der Waals surface area contributed by atoms with E-state index in [9.17, 15) is 4.79 Å². The van der Waals surface area contributed by atoms with Gasteiger partial charge in [-0.2, -0.15) is 0 Å². The van der Waals surface area contributed by atoms with Crippen molar-refractivity contribution in [3.63, 3.8) is 0 Å². The van der Waals surface area contributed by atoms with Gasteiger partial charge in [0.15, 0.2) is 5.78 Å². The number of hydrogen-bond donors (Lipinski definition) is 0. The van der Waals surface area contributed by atoms with E-state index in [1.54, 1.807) is 7.11 Å². The van der Waals surface area contributed by atoms with Crippen molar-refractivity contribution in [1.82, 2.24) is 4.90 Å². The second-order valence-corrected chi connectivity index (χ2v) is 4.88. The van der Waals surface area contributed by atoms with Crippen LogP contribution in [0.25, 0.3) is 0 Å². The number of methoxy groups -OCH3 is 1. The number of carbonyl (C=O) groups is 1. The Hall–Kier alpha value is -1.35. The Morgan fingerprint density at radius 1 is 1.41 bits per heavy atom. The van der Waals surface area contributed by atoms with E-state index in [-0.39, 0.29) is 5.92 Å². The number of carbonyl (C=O) groups excluding carboxylic acids is 1. The van der Waals surface area contributed by atoms with Crippen molar-refractivity contribution < 1.29 is 9.53 Å². The quantitative estimate of drug-likeness (QED) is 0.796. The smallest absolute Gasteiger partial charge is 0.166 e. The van der Waals surface area contributed by atoms with Crippen LogP contribution in [-0.2, 0) is 6.42 Å². The molecular formula is C14H19NO2. The summed E-state index contributed by atoms with van der Waals surface area (Å²) in [6.07, 6.45) is 1.79. The average Bonchev–Trinajstić information content (AvgIpc) is 2.63. The van der Waals surface area contributed by atoms with Crippen LogP contribution in [0.2, 0.25) is 0 Å². The van der Waals surface area contributed by atoms with E-state index < -0.39 is 0 Å². The zero-order valence-corrected chi connectivity index (χ0v) is 10.7. The van der Waals surface area contributed by atoms with E-state index >= 15 is 0 Å². The van der Waals surface area contributed by atoms with E-state index in [4.69, 9.17) is 4.74 Å². The molecule has 1 aliphatic carbocycles. The van der Waals surface area contributed by atoms with Crippen LogP contribution in [0, 0.1) is 5.92 Å². The zero-order chi connectivity index (χ0) is 12.4. The van der Waals surface area contributed by atoms with Gasteiger partial charge >= 0.3 is 0 Å². The third-order valence-corrected chi connectivity index (χ3v) is 3.34. The van der Waals surface area contributed by atoms with Crippen molar-refractivity contribution in [2.45, 2.75) is 12.8 Å². The Morgan fingerprint density at radius 2 is 2.18 bits per heavy atom. The fourth-order valence-electron chi connectivity index (χ4n) is 2.33. The molecule has 3 heteroatoms. The van der Waals surface area contributed by atoms with Gasteiger partial charge in [-0.1, -0.05) is 0 Å². The summed E-state index contributed by atoms with van der Waals surface area (Å²) >= 11 is 0. The van der Waals surface area contributed by atoms with Gasteiger partial charge in [0.2, 0.25) is 0 Å². The first-order chi connectivity index (χ1) is 8.11. The monoisotopic (exact) mass is 233 g/mol. The Kier molecular flexibility index (Phi) is 3.48. The number of Topliss-reactive ketones (excluding diaryl/α,β-unsaturated/α-hetero) is 1. The van der Waals surface area contributed by atoms with Gasteiger partial charge in [-0.25, -0.2) is 0 Å². The molecule has 0 saturated carbocycles. The second-order valence-electron chi connectivity index (χ2n) is 4.88. The minimum atomic E-state index is 0.152. The number of nitrogens with zero attached hydrogens (tertiary/aromatic N) is 1. The third-order valence-electron chi connectivity index (χ3n) is 3.34. The number of fused-ring (bicyclic) bond motifs is 1. The minimum absolute atomic E-state index is 0.152. The summed E-state index contributed by atoms with van der Waals surface area (Å²) < 4.78 is 5.19. The highest BCUT2D eigenvalue weighted by Crippen LogP contribution is 2.31. The van der Waals surface area contributed by atoms with E-state index in [0.717, 1.165) is 36.3 Å². The molecule has 1 atom stereocenters. The van der Waals surface area contributed by atoms with Crippen LogP contribution in [0.1, 0.15) is 22.3 Å². The Labute approximate surface area is 102 Å². The van der Waals surface area contributed by atoms with Crippen LogP contribution in [0.4, 0.5) is 0 Å². The molecule has 0 saturated heterocycles. The molecule has 0 unspecified atom stereocenters. The summed E-state index contributed by atoms with van der Waals surface area (Å²) in [6, 6.07) is 5.75. The first-order valence-electron chi connectivity index (χ1n) is 5.97. The molecule has 1 aromatic carbocycles. The van der Waals surface area contributed by atoms with Crippen LogP contribution < -0.4 is 4.74 Å². The molecule has 0 amide bonds. The largest absolute Gasteiger partial charge is 0.497 e. The summed E-state index contributed by atoms with van der Waals surface area (Å²) in [4.78, 5) is 14.3. The zero-order valence-electron chi connectivity index (χ0n) is 10.7. The molecular weight excluding hydrogens is 214 g/mol. The first kappa shape index (κ1) is 12.1. The number of ketones is 1. The van der Waals surface area contributed by atoms with Crippen LogP contribution in [0.3, 0.4) is 0 Å². The maximum absolute atomic E-state index is 12.1.